The number of hydrazine groups is 1. The van der Waals surface area contributed by atoms with Crippen LogP contribution in [0.5, 0.6) is 0 Å². The summed E-state index contributed by atoms with van der Waals surface area (Å²) in [5.74, 6) is -0.580. The lowest BCUT2D eigenvalue weighted by atomic mass is 10.0. The van der Waals surface area contributed by atoms with Crippen LogP contribution in [0.2, 0.25) is 0 Å². The second-order valence-corrected chi connectivity index (χ2v) is 8.15. The number of hydrogen-bond donors (Lipinski definition) is 2. The SMILES string of the molecule is Cc1c(N2NOC(=N)C2=C2C=C(Br)C=C(Br)C2=O)c(=O)n(-c2ccccc2)n1C. The molecule has 2 N–H and O–H groups in total. The first-order valence-electron chi connectivity index (χ1n) is 8.50. The lowest BCUT2D eigenvalue weighted by molar-refractivity contribution is -0.111. The van der Waals surface area contributed by atoms with E-state index in [4.69, 9.17) is 10.2 Å². The van der Waals surface area contributed by atoms with Crippen molar-refractivity contribution in [2.24, 2.45) is 7.05 Å². The Hall–Kier alpha value is -2.69. The van der Waals surface area contributed by atoms with Crippen molar-refractivity contribution in [2.75, 3.05) is 5.01 Å². The number of hydrogen-bond acceptors (Lipinski definition) is 6. The first kappa shape index (κ1) is 19.6. The minimum absolute atomic E-state index is 0.156. The molecule has 1 aromatic heterocycles. The molecule has 29 heavy (non-hydrogen) atoms. The van der Waals surface area contributed by atoms with Crippen LogP contribution >= 0.6 is 31.9 Å². The summed E-state index contributed by atoms with van der Waals surface area (Å²) in [6.45, 7) is 1.78. The highest BCUT2D eigenvalue weighted by molar-refractivity contribution is 9.12. The minimum atomic E-state index is -0.319. The van der Waals surface area contributed by atoms with Gasteiger partial charge in [-0.1, -0.05) is 39.7 Å². The number of ketones is 1. The fraction of sp³-hybridized carbons (Fsp3) is 0.105. The third-order valence-electron chi connectivity index (χ3n) is 4.69. The van der Waals surface area contributed by atoms with Gasteiger partial charge in [0.15, 0.2) is 0 Å². The van der Waals surface area contributed by atoms with Crippen LogP contribution in [-0.2, 0) is 16.7 Å². The highest BCUT2D eigenvalue weighted by Gasteiger charge is 2.36. The predicted molar refractivity (Wildman–Crippen MR) is 116 cm³/mol. The molecule has 0 spiro atoms. The third-order valence-corrected chi connectivity index (χ3v) is 5.74. The van der Waals surface area contributed by atoms with E-state index >= 15 is 0 Å². The average molecular weight is 521 g/mol. The van der Waals surface area contributed by atoms with Gasteiger partial charge < -0.3 is 4.84 Å². The highest BCUT2D eigenvalue weighted by atomic mass is 79.9. The molecule has 4 rings (SSSR count). The van der Waals surface area contributed by atoms with Crippen molar-refractivity contribution in [3.05, 3.63) is 78.8 Å². The van der Waals surface area contributed by atoms with Crippen LogP contribution in [0, 0.1) is 12.3 Å². The van der Waals surface area contributed by atoms with Gasteiger partial charge in [0.05, 0.1) is 21.4 Å². The highest BCUT2D eigenvalue weighted by Crippen LogP contribution is 2.32. The summed E-state index contributed by atoms with van der Waals surface area (Å²) < 4.78 is 4.21. The van der Waals surface area contributed by atoms with Crippen molar-refractivity contribution in [3.8, 4) is 5.69 Å². The van der Waals surface area contributed by atoms with Crippen LogP contribution in [0.3, 0.4) is 0 Å². The van der Waals surface area contributed by atoms with Gasteiger partial charge in [-0.15, -0.1) is 0 Å². The van der Waals surface area contributed by atoms with E-state index in [1.54, 1.807) is 30.8 Å². The number of aromatic nitrogens is 2. The van der Waals surface area contributed by atoms with Crippen LogP contribution in [0.25, 0.3) is 5.69 Å². The van der Waals surface area contributed by atoms with Crippen molar-refractivity contribution in [1.82, 2.24) is 15.0 Å². The molecule has 0 amide bonds. The largest absolute Gasteiger partial charge is 0.367 e. The first-order chi connectivity index (χ1) is 13.8. The van der Waals surface area contributed by atoms with Crippen molar-refractivity contribution < 1.29 is 9.63 Å². The molecule has 0 bridgehead atoms. The van der Waals surface area contributed by atoms with E-state index in [2.05, 4.69) is 37.4 Å². The van der Waals surface area contributed by atoms with E-state index in [-0.39, 0.29) is 34.2 Å². The van der Waals surface area contributed by atoms with Gasteiger partial charge in [0.25, 0.3) is 11.5 Å². The number of carbonyl (C=O) groups is 1. The number of halogens is 2. The van der Waals surface area contributed by atoms with Crippen molar-refractivity contribution >= 4 is 49.2 Å². The molecular formula is C19H15Br2N5O3. The number of rotatable bonds is 2. The molecule has 0 radical (unpaired) electrons. The molecular weight excluding hydrogens is 506 g/mol. The number of para-hydroxylation sites is 1. The summed E-state index contributed by atoms with van der Waals surface area (Å²) in [5, 5.41) is 9.52. The molecule has 1 saturated heterocycles. The first-order valence-corrected chi connectivity index (χ1v) is 10.1. The lowest BCUT2D eigenvalue weighted by Gasteiger charge is -2.17. The summed E-state index contributed by atoms with van der Waals surface area (Å²) in [5.41, 5.74) is 4.22. The van der Waals surface area contributed by atoms with E-state index in [0.717, 1.165) is 0 Å². The van der Waals surface area contributed by atoms with Gasteiger partial charge >= 0.3 is 0 Å². The number of Topliss-reactive ketones (excluding diaryl/α,β-unsaturated/α-hetero) is 1. The Morgan fingerprint density at radius 1 is 1.10 bits per heavy atom. The maximum atomic E-state index is 13.3. The molecule has 2 heterocycles. The van der Waals surface area contributed by atoms with Crippen LogP contribution in [-0.4, -0.2) is 21.0 Å². The summed E-state index contributed by atoms with van der Waals surface area (Å²) >= 11 is 6.60. The Morgan fingerprint density at radius 2 is 1.79 bits per heavy atom. The lowest BCUT2D eigenvalue weighted by Crippen LogP contribution is -2.35. The van der Waals surface area contributed by atoms with E-state index in [1.807, 2.05) is 30.3 Å². The molecule has 0 unspecified atom stereocenters. The molecule has 1 aromatic carbocycles. The summed E-state index contributed by atoms with van der Waals surface area (Å²) in [4.78, 5) is 31.2. The summed E-state index contributed by atoms with van der Waals surface area (Å²) in [6.07, 6.45) is 3.22. The Labute approximate surface area is 182 Å². The number of nitrogens with zero attached hydrogens (tertiary/aromatic N) is 3. The quantitative estimate of drug-likeness (QED) is 0.593. The topological polar surface area (TPSA) is 92.4 Å². The number of anilines is 1. The zero-order chi connectivity index (χ0) is 20.9. The Kier molecular flexibility index (Phi) is 4.93. The summed E-state index contributed by atoms with van der Waals surface area (Å²) in [6, 6.07) is 9.21. The molecule has 1 aliphatic carbocycles. The standard InChI is InChI=1S/C19H15Br2N5O3/c1-10-15(19(28)26(24(10)2)12-6-4-3-5-7-12)25-16(18(22)29-23-25)13-8-11(20)9-14(21)17(13)27/h3-9,22-23H,1-2H3. The number of nitrogens with one attached hydrogen (secondary N) is 2. The maximum absolute atomic E-state index is 13.3. The molecule has 1 aliphatic heterocycles. The van der Waals surface area contributed by atoms with Gasteiger partial charge in [0, 0.05) is 11.5 Å². The molecule has 2 aromatic rings. The van der Waals surface area contributed by atoms with Crippen LogP contribution in [0.15, 0.2) is 67.5 Å². The van der Waals surface area contributed by atoms with Crippen molar-refractivity contribution in [3.63, 3.8) is 0 Å². The molecule has 148 valence electrons. The van der Waals surface area contributed by atoms with Crippen LogP contribution in [0.4, 0.5) is 5.69 Å². The van der Waals surface area contributed by atoms with Crippen molar-refractivity contribution in [1.29, 1.82) is 5.41 Å². The molecule has 10 heteroatoms. The number of allylic oxidation sites excluding steroid dienone is 5. The van der Waals surface area contributed by atoms with E-state index in [1.165, 1.54) is 9.69 Å². The van der Waals surface area contributed by atoms with E-state index in [9.17, 15) is 9.59 Å². The fourth-order valence-electron chi connectivity index (χ4n) is 3.23. The molecule has 2 aliphatic rings. The van der Waals surface area contributed by atoms with Gasteiger partial charge in [-0.3, -0.25) is 19.7 Å². The molecule has 0 saturated carbocycles. The smallest absolute Gasteiger partial charge is 0.297 e. The minimum Gasteiger partial charge on any atom is -0.367 e. The zero-order valence-electron chi connectivity index (χ0n) is 15.4. The maximum Gasteiger partial charge on any atom is 0.297 e. The molecule has 8 nitrogen and oxygen atoms in total. The second-order valence-electron chi connectivity index (χ2n) is 6.38. The van der Waals surface area contributed by atoms with Gasteiger partial charge in [-0.25, -0.2) is 9.69 Å². The Bertz CT molecular complexity index is 1200. The van der Waals surface area contributed by atoms with Gasteiger partial charge in [0.2, 0.25) is 5.78 Å². The average Bonchev–Trinajstić information content (AvgIpc) is 3.16. The molecule has 0 atom stereocenters. The number of benzene rings is 1. The van der Waals surface area contributed by atoms with Crippen LogP contribution in [0.1, 0.15) is 5.69 Å². The van der Waals surface area contributed by atoms with E-state index in [0.29, 0.717) is 20.3 Å². The van der Waals surface area contributed by atoms with Crippen molar-refractivity contribution in [2.45, 2.75) is 6.92 Å². The third kappa shape index (κ3) is 3.13. The monoisotopic (exact) mass is 519 g/mol. The van der Waals surface area contributed by atoms with Crippen LogP contribution < -0.4 is 16.2 Å². The zero-order valence-corrected chi connectivity index (χ0v) is 18.5. The summed E-state index contributed by atoms with van der Waals surface area (Å²) in [7, 11) is 1.77. The fourth-order valence-corrected chi connectivity index (χ4v) is 4.46. The van der Waals surface area contributed by atoms with E-state index < -0.39 is 0 Å². The van der Waals surface area contributed by atoms with Gasteiger partial charge in [-0.05, 0) is 47.1 Å². The van der Waals surface area contributed by atoms with Gasteiger partial charge in [0.1, 0.15) is 11.4 Å². The Morgan fingerprint density at radius 3 is 2.48 bits per heavy atom. The van der Waals surface area contributed by atoms with Gasteiger partial charge in [-0.2, -0.15) is 0 Å². The molecule has 1 fully saturated rings. The number of carbonyl (C=O) groups excluding carboxylic acids is 1. The Balaban J connectivity index is 1.93. The second kappa shape index (κ2) is 7.29. The predicted octanol–water partition coefficient (Wildman–Crippen LogP) is 3.11. The normalized spacial score (nSPS) is 19.4.